The molecule has 0 aliphatic heterocycles. The van der Waals surface area contributed by atoms with Crippen molar-refractivity contribution in [2.45, 2.75) is 19.8 Å². The molecule has 1 N–H and O–H groups in total. The molecule has 0 aliphatic carbocycles. The fourth-order valence-corrected chi connectivity index (χ4v) is 1.56. The standard InChI is InChI=1S/C13H18ClNO3/c1-10-3-4-11(9-12(10)14)5-6-13(16)15-18-8-7-17-2/h3-4,9H,5-8H2,1-2H3,(H,15,16). The van der Waals surface area contributed by atoms with Crippen LogP contribution < -0.4 is 5.48 Å². The summed E-state index contributed by atoms with van der Waals surface area (Å²) in [7, 11) is 1.58. The number of ether oxygens (including phenoxy) is 1. The molecule has 18 heavy (non-hydrogen) atoms. The van der Waals surface area contributed by atoms with Gasteiger partial charge in [-0.25, -0.2) is 5.48 Å². The zero-order chi connectivity index (χ0) is 13.4. The summed E-state index contributed by atoms with van der Waals surface area (Å²) in [5.74, 6) is -0.150. The molecule has 0 spiro atoms. The normalized spacial score (nSPS) is 10.4. The quantitative estimate of drug-likeness (QED) is 0.611. The number of methoxy groups -OCH3 is 1. The lowest BCUT2D eigenvalue weighted by Gasteiger charge is -2.06. The van der Waals surface area contributed by atoms with Crippen molar-refractivity contribution in [1.82, 2.24) is 5.48 Å². The first-order valence-electron chi connectivity index (χ1n) is 5.78. The minimum atomic E-state index is -0.150. The fraction of sp³-hybridized carbons (Fsp3) is 0.462. The van der Waals surface area contributed by atoms with E-state index in [-0.39, 0.29) is 5.91 Å². The zero-order valence-corrected chi connectivity index (χ0v) is 11.4. The Morgan fingerprint density at radius 2 is 2.17 bits per heavy atom. The summed E-state index contributed by atoms with van der Waals surface area (Å²) < 4.78 is 4.79. The Labute approximate surface area is 112 Å². The minimum Gasteiger partial charge on any atom is -0.382 e. The zero-order valence-electron chi connectivity index (χ0n) is 10.7. The predicted octanol–water partition coefficient (Wildman–Crippen LogP) is 2.28. The van der Waals surface area contributed by atoms with Crippen LogP contribution in [0.25, 0.3) is 0 Å². The number of hydrogen-bond acceptors (Lipinski definition) is 3. The third-order valence-electron chi connectivity index (χ3n) is 2.45. The number of amides is 1. The third kappa shape index (κ3) is 5.49. The third-order valence-corrected chi connectivity index (χ3v) is 2.86. The second-order valence-electron chi connectivity index (χ2n) is 3.95. The van der Waals surface area contributed by atoms with Crippen molar-refractivity contribution in [2.75, 3.05) is 20.3 Å². The second-order valence-corrected chi connectivity index (χ2v) is 4.36. The molecule has 0 fully saturated rings. The van der Waals surface area contributed by atoms with Crippen LogP contribution in [-0.2, 0) is 20.8 Å². The molecule has 0 aromatic heterocycles. The molecule has 100 valence electrons. The van der Waals surface area contributed by atoms with Crippen molar-refractivity contribution >= 4 is 17.5 Å². The smallest absolute Gasteiger partial charge is 0.243 e. The molecule has 0 saturated carbocycles. The number of hydrogen-bond donors (Lipinski definition) is 1. The number of hydroxylamine groups is 1. The van der Waals surface area contributed by atoms with Gasteiger partial charge in [-0.15, -0.1) is 0 Å². The van der Waals surface area contributed by atoms with Crippen molar-refractivity contribution in [1.29, 1.82) is 0 Å². The number of carbonyl (C=O) groups excluding carboxylic acids is 1. The lowest BCUT2D eigenvalue weighted by Crippen LogP contribution is -2.25. The molecule has 0 aliphatic rings. The van der Waals surface area contributed by atoms with Crippen LogP contribution in [0.4, 0.5) is 0 Å². The van der Waals surface area contributed by atoms with Crippen LogP contribution in [0.15, 0.2) is 18.2 Å². The van der Waals surface area contributed by atoms with E-state index < -0.39 is 0 Å². The molecule has 0 heterocycles. The van der Waals surface area contributed by atoms with E-state index in [4.69, 9.17) is 21.2 Å². The highest BCUT2D eigenvalue weighted by Crippen LogP contribution is 2.17. The maximum absolute atomic E-state index is 11.4. The lowest BCUT2D eigenvalue weighted by atomic mass is 10.1. The van der Waals surface area contributed by atoms with Gasteiger partial charge in [-0.2, -0.15) is 0 Å². The number of nitrogens with one attached hydrogen (secondary N) is 1. The van der Waals surface area contributed by atoms with E-state index in [2.05, 4.69) is 5.48 Å². The van der Waals surface area contributed by atoms with Crippen molar-refractivity contribution in [3.63, 3.8) is 0 Å². The van der Waals surface area contributed by atoms with E-state index in [1.807, 2.05) is 25.1 Å². The lowest BCUT2D eigenvalue weighted by molar-refractivity contribution is -0.134. The van der Waals surface area contributed by atoms with E-state index in [0.717, 1.165) is 16.1 Å². The summed E-state index contributed by atoms with van der Waals surface area (Å²) in [5, 5.41) is 0.726. The van der Waals surface area contributed by atoms with E-state index in [9.17, 15) is 4.79 Å². The molecule has 4 nitrogen and oxygen atoms in total. The molecular formula is C13H18ClNO3. The van der Waals surface area contributed by atoms with Crippen LogP contribution in [0, 0.1) is 6.92 Å². The van der Waals surface area contributed by atoms with Crippen LogP contribution in [0.1, 0.15) is 17.5 Å². The van der Waals surface area contributed by atoms with E-state index in [0.29, 0.717) is 26.1 Å². The number of rotatable bonds is 7. The second kappa shape index (κ2) is 8.08. The van der Waals surface area contributed by atoms with Crippen LogP contribution in [0.5, 0.6) is 0 Å². The highest BCUT2D eigenvalue weighted by Gasteiger charge is 2.03. The number of halogens is 1. The molecule has 0 bridgehead atoms. The summed E-state index contributed by atoms with van der Waals surface area (Å²) in [6.07, 6.45) is 1.01. The van der Waals surface area contributed by atoms with Gasteiger partial charge in [0.15, 0.2) is 0 Å². The van der Waals surface area contributed by atoms with Crippen LogP contribution in [0.2, 0.25) is 5.02 Å². The Balaban J connectivity index is 2.27. The molecule has 5 heteroatoms. The highest BCUT2D eigenvalue weighted by atomic mass is 35.5. The monoisotopic (exact) mass is 271 g/mol. The molecule has 0 atom stereocenters. The largest absolute Gasteiger partial charge is 0.382 e. The maximum atomic E-state index is 11.4. The van der Waals surface area contributed by atoms with Crippen molar-refractivity contribution < 1.29 is 14.4 Å². The van der Waals surface area contributed by atoms with E-state index in [1.165, 1.54) is 0 Å². The summed E-state index contributed by atoms with van der Waals surface area (Å²) in [5.41, 5.74) is 4.44. The minimum absolute atomic E-state index is 0.150. The molecular weight excluding hydrogens is 254 g/mol. The highest BCUT2D eigenvalue weighted by molar-refractivity contribution is 6.31. The Morgan fingerprint density at radius 3 is 2.83 bits per heavy atom. The summed E-state index contributed by atoms with van der Waals surface area (Å²) in [6, 6.07) is 5.81. The van der Waals surface area contributed by atoms with Gasteiger partial charge in [-0.3, -0.25) is 9.63 Å². The Morgan fingerprint density at radius 1 is 1.39 bits per heavy atom. The van der Waals surface area contributed by atoms with Gasteiger partial charge in [0.05, 0.1) is 13.2 Å². The topological polar surface area (TPSA) is 47.6 Å². The van der Waals surface area contributed by atoms with Crippen LogP contribution in [-0.4, -0.2) is 26.2 Å². The van der Waals surface area contributed by atoms with Gasteiger partial charge in [-0.05, 0) is 30.5 Å². The first-order valence-corrected chi connectivity index (χ1v) is 6.16. The van der Waals surface area contributed by atoms with Gasteiger partial charge in [0.1, 0.15) is 0 Å². The van der Waals surface area contributed by atoms with Crippen LogP contribution >= 0.6 is 11.6 Å². The first kappa shape index (κ1) is 15.0. The average Bonchev–Trinajstić information content (AvgIpc) is 2.36. The van der Waals surface area contributed by atoms with Crippen molar-refractivity contribution in [3.05, 3.63) is 34.3 Å². The van der Waals surface area contributed by atoms with Gasteiger partial charge in [0, 0.05) is 18.6 Å². The summed E-state index contributed by atoms with van der Waals surface area (Å²) in [4.78, 5) is 16.3. The molecule has 1 aromatic rings. The Hall–Kier alpha value is -1.10. The average molecular weight is 272 g/mol. The van der Waals surface area contributed by atoms with Gasteiger partial charge in [0.25, 0.3) is 0 Å². The SMILES string of the molecule is COCCONC(=O)CCc1ccc(C)c(Cl)c1. The Kier molecular flexibility index (Phi) is 6.72. The molecule has 0 radical (unpaired) electrons. The van der Waals surface area contributed by atoms with E-state index in [1.54, 1.807) is 7.11 Å². The Bertz CT molecular complexity index is 396. The fourth-order valence-electron chi connectivity index (χ4n) is 1.36. The van der Waals surface area contributed by atoms with Gasteiger partial charge >= 0.3 is 0 Å². The molecule has 1 amide bonds. The molecule has 0 unspecified atom stereocenters. The number of benzene rings is 1. The van der Waals surface area contributed by atoms with Gasteiger partial charge < -0.3 is 4.74 Å². The molecule has 1 rings (SSSR count). The summed E-state index contributed by atoms with van der Waals surface area (Å²) in [6.45, 7) is 2.74. The van der Waals surface area contributed by atoms with Gasteiger partial charge in [0.2, 0.25) is 5.91 Å². The predicted molar refractivity (Wildman–Crippen MR) is 70.5 cm³/mol. The van der Waals surface area contributed by atoms with Crippen LogP contribution in [0.3, 0.4) is 0 Å². The summed E-state index contributed by atoms with van der Waals surface area (Å²) >= 11 is 6.01. The van der Waals surface area contributed by atoms with E-state index >= 15 is 0 Å². The number of carbonyl (C=O) groups is 1. The van der Waals surface area contributed by atoms with Gasteiger partial charge in [-0.1, -0.05) is 23.7 Å². The molecule has 1 aromatic carbocycles. The van der Waals surface area contributed by atoms with Crippen molar-refractivity contribution in [2.24, 2.45) is 0 Å². The molecule has 0 saturated heterocycles. The number of aryl methyl sites for hydroxylation is 2. The van der Waals surface area contributed by atoms with Crippen molar-refractivity contribution in [3.8, 4) is 0 Å². The first-order chi connectivity index (χ1) is 8.63. The maximum Gasteiger partial charge on any atom is 0.243 e.